The Balaban J connectivity index is 2.32. The van der Waals surface area contributed by atoms with E-state index < -0.39 is 5.97 Å². The number of nitrogens with zero attached hydrogens (tertiary/aromatic N) is 2. The molecule has 8 heteroatoms. The maximum absolute atomic E-state index is 11.2. The number of carboxylic acids is 1. The summed E-state index contributed by atoms with van der Waals surface area (Å²) in [6.07, 6.45) is 2.06. The average Bonchev–Trinajstić information content (AvgIpc) is 2.90. The summed E-state index contributed by atoms with van der Waals surface area (Å²) in [5.41, 5.74) is 0.488. The van der Waals surface area contributed by atoms with Gasteiger partial charge < -0.3 is 9.90 Å². The van der Waals surface area contributed by atoms with Crippen LogP contribution >= 0.6 is 35.0 Å². The Hall–Kier alpha value is -1.50. The van der Waals surface area contributed by atoms with Crippen molar-refractivity contribution in [2.45, 2.75) is 18.5 Å². The summed E-state index contributed by atoms with van der Waals surface area (Å²) < 4.78 is 0. The number of carbonyl (C=O) groups excluding carboxylic acids is 1. The molecule has 5 nitrogen and oxygen atoms in total. The molecule has 2 rings (SSSR count). The highest BCUT2D eigenvalue weighted by Gasteiger charge is 2.10. The van der Waals surface area contributed by atoms with E-state index in [4.69, 9.17) is 23.2 Å². The van der Waals surface area contributed by atoms with Crippen LogP contribution in [-0.4, -0.2) is 21.2 Å². The minimum atomic E-state index is -1.33. The summed E-state index contributed by atoms with van der Waals surface area (Å²) in [5.74, 6) is -0.658. The Labute approximate surface area is 135 Å². The number of halogens is 2. The number of nitrogens with one attached hydrogen (secondary N) is 1. The Morgan fingerprint density at radius 1 is 1.48 bits per heavy atom. The zero-order valence-electron chi connectivity index (χ0n) is 10.9. The minimum absolute atomic E-state index is 0.0548. The highest BCUT2D eigenvalue weighted by Crippen LogP contribution is 2.30. The molecule has 0 radical (unpaired) electrons. The normalized spacial score (nSPS) is 11.7. The molecule has 0 unspecified atom stereocenters. The second kappa shape index (κ2) is 6.98. The molecule has 1 aromatic heterocycles. The highest BCUT2D eigenvalue weighted by molar-refractivity contribution is 8.04. The molecule has 21 heavy (non-hydrogen) atoms. The van der Waals surface area contributed by atoms with Crippen LogP contribution in [0.15, 0.2) is 28.3 Å². The number of carbonyl (C=O) groups is 1. The third-order valence-corrected chi connectivity index (χ3v) is 4.22. The quantitative estimate of drug-likeness (QED) is 0.666. The Morgan fingerprint density at radius 2 is 2.24 bits per heavy atom. The Bertz CT molecular complexity index is 700. The lowest BCUT2D eigenvalue weighted by Crippen LogP contribution is -2.23. The van der Waals surface area contributed by atoms with Gasteiger partial charge in [-0.3, -0.25) is 5.10 Å². The summed E-state index contributed by atoms with van der Waals surface area (Å²) in [6.45, 7) is 1.91. The third kappa shape index (κ3) is 4.00. The summed E-state index contributed by atoms with van der Waals surface area (Å²) in [6, 6.07) is 4.96. The largest absolute Gasteiger partial charge is 0.544 e. The van der Waals surface area contributed by atoms with Gasteiger partial charge in [-0.2, -0.15) is 0 Å². The van der Waals surface area contributed by atoms with Crippen LogP contribution in [0.25, 0.3) is 6.08 Å². The number of aryl methyl sites for hydroxylation is 1. The van der Waals surface area contributed by atoms with Crippen molar-refractivity contribution in [1.29, 1.82) is 0 Å². The predicted molar refractivity (Wildman–Crippen MR) is 81.1 cm³/mol. The first-order chi connectivity index (χ1) is 10.0. The maximum atomic E-state index is 11.2. The van der Waals surface area contributed by atoms with E-state index in [1.54, 1.807) is 18.2 Å². The first-order valence-electron chi connectivity index (χ1n) is 5.97. The molecule has 1 aromatic carbocycles. The second-order valence-electron chi connectivity index (χ2n) is 3.96. The number of thioether (sulfide) groups is 1. The van der Waals surface area contributed by atoms with Gasteiger partial charge >= 0.3 is 0 Å². The molecule has 0 amide bonds. The fourth-order valence-electron chi connectivity index (χ4n) is 1.48. The van der Waals surface area contributed by atoms with Gasteiger partial charge in [0, 0.05) is 11.3 Å². The molecule has 0 spiro atoms. The molecule has 0 bridgehead atoms. The lowest BCUT2D eigenvalue weighted by molar-refractivity contribution is -0.297. The molecule has 0 aliphatic carbocycles. The van der Waals surface area contributed by atoms with E-state index in [0.29, 0.717) is 28.0 Å². The van der Waals surface area contributed by atoms with Crippen LogP contribution in [0, 0.1) is 0 Å². The lowest BCUT2D eigenvalue weighted by atomic mass is 10.2. The molecule has 0 aliphatic heterocycles. The molecular weight excluding hydrogens is 333 g/mol. The van der Waals surface area contributed by atoms with Crippen LogP contribution in [0.3, 0.4) is 0 Å². The fourth-order valence-corrected chi connectivity index (χ4v) is 2.56. The highest BCUT2D eigenvalue weighted by atomic mass is 35.5. The molecule has 0 aliphatic rings. The predicted octanol–water partition coefficient (Wildman–Crippen LogP) is 2.56. The molecule has 110 valence electrons. The van der Waals surface area contributed by atoms with Gasteiger partial charge in [0.15, 0.2) is 0 Å². The van der Waals surface area contributed by atoms with Crippen molar-refractivity contribution in [2.75, 3.05) is 0 Å². The van der Waals surface area contributed by atoms with Gasteiger partial charge in [-0.15, -0.1) is 5.10 Å². The SMILES string of the molecule is CCc1nc(S/C(=C\c2cccc(Cl)c2Cl)C(=O)[O-])n[nH]1. The van der Waals surface area contributed by atoms with Crippen molar-refractivity contribution >= 4 is 47.0 Å². The minimum Gasteiger partial charge on any atom is -0.544 e. The number of hydrogen-bond acceptors (Lipinski definition) is 5. The van der Waals surface area contributed by atoms with Crippen LogP contribution < -0.4 is 5.11 Å². The number of carboxylic acid groups (broad SMARTS) is 1. The maximum Gasteiger partial charge on any atom is 0.213 e. The van der Waals surface area contributed by atoms with E-state index in [1.807, 2.05) is 6.92 Å². The van der Waals surface area contributed by atoms with Crippen LogP contribution in [0.2, 0.25) is 10.0 Å². The van der Waals surface area contributed by atoms with Gasteiger partial charge in [-0.05, 0) is 29.5 Å². The van der Waals surface area contributed by atoms with E-state index in [9.17, 15) is 9.90 Å². The van der Waals surface area contributed by atoms with E-state index in [-0.39, 0.29) is 9.93 Å². The van der Waals surface area contributed by atoms with Crippen LogP contribution in [-0.2, 0) is 11.2 Å². The molecule has 0 saturated carbocycles. The lowest BCUT2D eigenvalue weighted by Gasteiger charge is -2.07. The molecule has 2 aromatic rings. The molecule has 0 fully saturated rings. The number of benzene rings is 1. The zero-order chi connectivity index (χ0) is 15.4. The summed E-state index contributed by atoms with van der Waals surface area (Å²) >= 11 is 12.8. The van der Waals surface area contributed by atoms with Crippen molar-refractivity contribution < 1.29 is 9.90 Å². The number of aromatic amines is 1. The molecule has 1 N–H and O–H groups in total. The fraction of sp³-hybridized carbons (Fsp3) is 0.154. The van der Waals surface area contributed by atoms with Gasteiger partial charge in [0.1, 0.15) is 5.82 Å². The molecule has 1 heterocycles. The smallest absolute Gasteiger partial charge is 0.213 e. The number of hydrogen-bond donors (Lipinski definition) is 1. The Kier molecular flexibility index (Phi) is 5.27. The van der Waals surface area contributed by atoms with E-state index in [2.05, 4.69) is 15.2 Å². The van der Waals surface area contributed by atoms with Crippen molar-refractivity contribution in [3.8, 4) is 0 Å². The zero-order valence-corrected chi connectivity index (χ0v) is 13.2. The first-order valence-corrected chi connectivity index (χ1v) is 7.54. The monoisotopic (exact) mass is 342 g/mol. The van der Waals surface area contributed by atoms with Gasteiger partial charge in [0.2, 0.25) is 5.16 Å². The number of aliphatic carboxylic acids is 1. The summed E-state index contributed by atoms with van der Waals surface area (Å²) in [5, 5.41) is 18.8. The van der Waals surface area contributed by atoms with Gasteiger partial charge in [-0.1, -0.05) is 42.3 Å². The topological polar surface area (TPSA) is 81.7 Å². The van der Waals surface area contributed by atoms with Gasteiger partial charge in [0.25, 0.3) is 0 Å². The van der Waals surface area contributed by atoms with Crippen LogP contribution in [0.4, 0.5) is 0 Å². The molecule has 0 atom stereocenters. The van der Waals surface area contributed by atoms with Crippen LogP contribution in [0.5, 0.6) is 0 Å². The van der Waals surface area contributed by atoms with Crippen LogP contribution in [0.1, 0.15) is 18.3 Å². The van der Waals surface area contributed by atoms with Crippen molar-refractivity contribution in [3.63, 3.8) is 0 Å². The third-order valence-electron chi connectivity index (χ3n) is 2.52. The summed E-state index contributed by atoms with van der Waals surface area (Å²) in [7, 11) is 0. The number of aromatic nitrogens is 3. The van der Waals surface area contributed by atoms with E-state index >= 15 is 0 Å². The van der Waals surface area contributed by atoms with E-state index in [0.717, 1.165) is 11.8 Å². The standard InChI is InChI=1S/C13H11Cl2N3O2S/c1-2-10-16-13(18-17-10)21-9(12(19)20)6-7-4-3-5-8(14)11(7)15/h3-6H,2H2,1H3,(H,19,20)(H,16,17,18)/p-1/b9-6-. The van der Waals surface area contributed by atoms with Crippen molar-refractivity contribution in [3.05, 3.63) is 44.5 Å². The molecule has 0 saturated heterocycles. The van der Waals surface area contributed by atoms with Gasteiger partial charge in [0.05, 0.1) is 16.0 Å². The second-order valence-corrected chi connectivity index (χ2v) is 5.75. The number of rotatable bonds is 5. The Morgan fingerprint density at radius 3 is 2.86 bits per heavy atom. The number of H-pyrrole nitrogens is 1. The van der Waals surface area contributed by atoms with Crippen molar-refractivity contribution in [1.82, 2.24) is 15.2 Å². The first kappa shape index (κ1) is 15.9. The van der Waals surface area contributed by atoms with Crippen molar-refractivity contribution in [2.24, 2.45) is 0 Å². The molecular formula is C13H10Cl2N3O2S-. The summed E-state index contributed by atoms with van der Waals surface area (Å²) in [4.78, 5) is 15.3. The average molecular weight is 343 g/mol. The van der Waals surface area contributed by atoms with E-state index in [1.165, 1.54) is 6.08 Å². The van der Waals surface area contributed by atoms with Gasteiger partial charge in [-0.25, -0.2) is 4.98 Å².